The minimum Gasteiger partial charge on any atom is -0.340 e. The van der Waals surface area contributed by atoms with Crippen molar-refractivity contribution in [3.8, 4) is 0 Å². The second kappa shape index (κ2) is 7.25. The molecule has 1 N–H and O–H groups in total. The molecule has 0 aliphatic rings. The molecule has 2 nitrogen and oxygen atoms in total. The van der Waals surface area contributed by atoms with Gasteiger partial charge in [0.15, 0.2) is 0 Å². The topological polar surface area (TPSA) is 24.4 Å². The summed E-state index contributed by atoms with van der Waals surface area (Å²) in [5, 5.41) is 3.41. The minimum atomic E-state index is 0.830. The largest absolute Gasteiger partial charge is 0.340 e. The van der Waals surface area contributed by atoms with Gasteiger partial charge in [0, 0.05) is 15.7 Å². The van der Waals surface area contributed by atoms with Crippen LogP contribution in [0.2, 0.25) is 0 Å². The lowest BCUT2D eigenvalue weighted by molar-refractivity contribution is 1.42. The molecule has 3 aromatic carbocycles. The maximum Gasteiger partial charge on any atom is 0.138 e. The summed E-state index contributed by atoms with van der Waals surface area (Å²) in [4.78, 5) is 4.78. The molecule has 0 spiro atoms. The van der Waals surface area contributed by atoms with E-state index in [1.807, 2.05) is 54.6 Å². The molecule has 0 bridgehead atoms. The van der Waals surface area contributed by atoms with Gasteiger partial charge in [-0.2, -0.15) is 0 Å². The third-order valence-electron chi connectivity index (χ3n) is 3.43. The molecule has 0 aromatic heterocycles. The number of anilines is 1. The molecular weight excluding hydrogens is 348 g/mol. The number of amidine groups is 1. The molecule has 0 radical (unpaired) electrons. The molecule has 0 heterocycles. The van der Waals surface area contributed by atoms with Crippen LogP contribution in [0.1, 0.15) is 11.1 Å². The molecule has 0 aliphatic carbocycles. The average Bonchev–Trinajstić information content (AvgIpc) is 2.59. The van der Waals surface area contributed by atoms with Gasteiger partial charge < -0.3 is 5.32 Å². The lowest BCUT2D eigenvalue weighted by Gasteiger charge is -2.11. The number of halogens is 1. The van der Waals surface area contributed by atoms with Crippen molar-refractivity contribution in [1.82, 2.24) is 0 Å². The monoisotopic (exact) mass is 364 g/mol. The van der Waals surface area contributed by atoms with Gasteiger partial charge in [-0.3, -0.25) is 0 Å². The van der Waals surface area contributed by atoms with Crippen LogP contribution in [-0.4, -0.2) is 5.84 Å². The SMILES string of the molecule is Cc1ccc(N=C(Nc2ccc(Br)cc2)c2ccccc2)cc1. The van der Waals surface area contributed by atoms with E-state index in [1.54, 1.807) is 0 Å². The van der Waals surface area contributed by atoms with Gasteiger partial charge in [0.25, 0.3) is 0 Å². The van der Waals surface area contributed by atoms with Gasteiger partial charge in [-0.15, -0.1) is 0 Å². The van der Waals surface area contributed by atoms with Crippen LogP contribution in [0, 0.1) is 6.92 Å². The van der Waals surface area contributed by atoms with E-state index in [-0.39, 0.29) is 0 Å². The number of hydrogen-bond acceptors (Lipinski definition) is 1. The standard InChI is InChI=1S/C20H17BrN2/c1-15-7-11-18(12-8-15)22-20(16-5-3-2-4-6-16)23-19-13-9-17(21)10-14-19/h2-14H,1H3,(H,22,23). The summed E-state index contributed by atoms with van der Waals surface area (Å²) in [5.41, 5.74) is 4.21. The molecule has 0 atom stereocenters. The quantitative estimate of drug-likeness (QED) is 0.450. The first-order valence-corrected chi connectivity index (χ1v) is 8.23. The first-order chi connectivity index (χ1) is 11.2. The van der Waals surface area contributed by atoms with E-state index in [1.165, 1.54) is 5.56 Å². The summed E-state index contributed by atoms with van der Waals surface area (Å²) >= 11 is 3.46. The van der Waals surface area contributed by atoms with Gasteiger partial charge in [0.2, 0.25) is 0 Å². The van der Waals surface area contributed by atoms with E-state index in [0.717, 1.165) is 27.2 Å². The van der Waals surface area contributed by atoms with E-state index < -0.39 is 0 Å². The van der Waals surface area contributed by atoms with Gasteiger partial charge >= 0.3 is 0 Å². The van der Waals surface area contributed by atoms with Crippen molar-refractivity contribution >= 4 is 33.1 Å². The smallest absolute Gasteiger partial charge is 0.138 e. The van der Waals surface area contributed by atoms with Crippen LogP contribution in [0.15, 0.2) is 88.3 Å². The molecule has 114 valence electrons. The van der Waals surface area contributed by atoms with Crippen LogP contribution in [0.25, 0.3) is 0 Å². The maximum absolute atomic E-state index is 4.78. The third kappa shape index (κ3) is 4.30. The van der Waals surface area contributed by atoms with E-state index in [0.29, 0.717) is 0 Å². The second-order valence-corrected chi connectivity index (χ2v) is 6.21. The molecule has 0 unspecified atom stereocenters. The Hall–Kier alpha value is -2.39. The van der Waals surface area contributed by atoms with Crippen molar-refractivity contribution in [2.75, 3.05) is 5.32 Å². The molecule has 0 saturated carbocycles. The highest BCUT2D eigenvalue weighted by Gasteiger charge is 2.04. The van der Waals surface area contributed by atoms with Crippen molar-refractivity contribution in [2.45, 2.75) is 6.92 Å². The summed E-state index contributed by atoms with van der Waals surface area (Å²) in [6.07, 6.45) is 0. The zero-order valence-electron chi connectivity index (χ0n) is 12.8. The van der Waals surface area contributed by atoms with Crippen molar-refractivity contribution in [1.29, 1.82) is 0 Å². The van der Waals surface area contributed by atoms with Crippen molar-refractivity contribution in [2.24, 2.45) is 4.99 Å². The summed E-state index contributed by atoms with van der Waals surface area (Å²) in [5.74, 6) is 0.830. The van der Waals surface area contributed by atoms with Crippen LogP contribution in [0.5, 0.6) is 0 Å². The van der Waals surface area contributed by atoms with E-state index in [2.05, 4.69) is 52.4 Å². The van der Waals surface area contributed by atoms with Crippen LogP contribution < -0.4 is 5.32 Å². The average molecular weight is 365 g/mol. The van der Waals surface area contributed by atoms with E-state index >= 15 is 0 Å². The van der Waals surface area contributed by atoms with Gasteiger partial charge in [-0.05, 0) is 43.3 Å². The molecule has 3 aromatic rings. The van der Waals surface area contributed by atoms with Crippen LogP contribution >= 0.6 is 15.9 Å². The normalized spacial score (nSPS) is 11.3. The van der Waals surface area contributed by atoms with E-state index in [4.69, 9.17) is 4.99 Å². The van der Waals surface area contributed by atoms with Crippen molar-refractivity contribution < 1.29 is 0 Å². The van der Waals surface area contributed by atoms with Crippen molar-refractivity contribution in [3.05, 3.63) is 94.5 Å². The van der Waals surface area contributed by atoms with E-state index in [9.17, 15) is 0 Å². The van der Waals surface area contributed by atoms with Gasteiger partial charge in [0.1, 0.15) is 5.84 Å². The van der Waals surface area contributed by atoms with Gasteiger partial charge in [0.05, 0.1) is 5.69 Å². The molecule has 23 heavy (non-hydrogen) atoms. The first kappa shape index (κ1) is 15.5. The molecule has 3 heteroatoms. The number of hydrogen-bond donors (Lipinski definition) is 1. The number of nitrogens with one attached hydrogen (secondary N) is 1. The van der Waals surface area contributed by atoms with Gasteiger partial charge in [-0.25, -0.2) is 4.99 Å². The zero-order chi connectivity index (χ0) is 16.1. The highest BCUT2D eigenvalue weighted by Crippen LogP contribution is 2.18. The fraction of sp³-hybridized carbons (Fsp3) is 0.0500. The summed E-state index contributed by atoms with van der Waals surface area (Å²) in [6, 6.07) is 26.4. The Morgan fingerprint density at radius 1 is 0.826 bits per heavy atom. The highest BCUT2D eigenvalue weighted by atomic mass is 79.9. The molecular formula is C20H17BrN2. The fourth-order valence-electron chi connectivity index (χ4n) is 2.18. The summed E-state index contributed by atoms with van der Waals surface area (Å²) in [7, 11) is 0. The number of rotatable bonds is 3. The molecule has 0 saturated heterocycles. The Balaban J connectivity index is 1.96. The minimum absolute atomic E-state index is 0.830. The molecule has 0 amide bonds. The summed E-state index contributed by atoms with van der Waals surface area (Å²) in [6.45, 7) is 2.08. The van der Waals surface area contributed by atoms with Crippen LogP contribution in [0.4, 0.5) is 11.4 Å². The Morgan fingerprint density at radius 3 is 2.13 bits per heavy atom. The molecule has 0 fully saturated rings. The van der Waals surface area contributed by atoms with Gasteiger partial charge in [-0.1, -0.05) is 64.0 Å². The Labute approximate surface area is 145 Å². The first-order valence-electron chi connectivity index (χ1n) is 7.44. The number of aryl methyl sites for hydroxylation is 1. The Kier molecular flexibility index (Phi) is 4.89. The lowest BCUT2D eigenvalue weighted by atomic mass is 10.2. The second-order valence-electron chi connectivity index (χ2n) is 5.29. The number of aliphatic imine (C=N–C) groups is 1. The highest BCUT2D eigenvalue weighted by molar-refractivity contribution is 9.10. The Morgan fingerprint density at radius 2 is 1.48 bits per heavy atom. The summed E-state index contributed by atoms with van der Waals surface area (Å²) < 4.78 is 1.06. The lowest BCUT2D eigenvalue weighted by Crippen LogP contribution is -2.13. The zero-order valence-corrected chi connectivity index (χ0v) is 14.4. The fourth-order valence-corrected chi connectivity index (χ4v) is 2.44. The number of benzene rings is 3. The molecule has 3 rings (SSSR count). The molecule has 0 aliphatic heterocycles. The predicted molar refractivity (Wildman–Crippen MR) is 102 cm³/mol. The maximum atomic E-state index is 4.78. The van der Waals surface area contributed by atoms with Crippen LogP contribution in [-0.2, 0) is 0 Å². The third-order valence-corrected chi connectivity index (χ3v) is 3.96. The van der Waals surface area contributed by atoms with Crippen LogP contribution in [0.3, 0.4) is 0 Å². The number of nitrogens with zero attached hydrogens (tertiary/aromatic N) is 1. The Bertz CT molecular complexity index is 791. The predicted octanol–water partition coefficient (Wildman–Crippen LogP) is 5.95. The van der Waals surface area contributed by atoms with Crippen molar-refractivity contribution in [3.63, 3.8) is 0 Å².